The third kappa shape index (κ3) is 5.44. The molecule has 1 saturated heterocycles. The van der Waals surface area contributed by atoms with Gasteiger partial charge in [0, 0.05) is 13.1 Å². The van der Waals surface area contributed by atoms with Gasteiger partial charge in [-0.3, -0.25) is 4.79 Å². The lowest BCUT2D eigenvalue weighted by Gasteiger charge is -2.34. The molecule has 1 aromatic carbocycles. The highest BCUT2D eigenvalue weighted by Crippen LogP contribution is 2.31. The number of hydrogen-bond donors (Lipinski definition) is 1. The van der Waals surface area contributed by atoms with E-state index in [1.165, 1.54) is 0 Å². The predicted molar refractivity (Wildman–Crippen MR) is 95.4 cm³/mol. The van der Waals surface area contributed by atoms with Gasteiger partial charge in [-0.1, -0.05) is 27.2 Å². The van der Waals surface area contributed by atoms with Crippen molar-refractivity contribution < 1.29 is 26.4 Å². The summed E-state index contributed by atoms with van der Waals surface area (Å²) < 4.78 is 65.1. The molecule has 1 amide bonds. The van der Waals surface area contributed by atoms with Gasteiger partial charge in [0.1, 0.15) is 6.04 Å². The first-order chi connectivity index (χ1) is 12.3. The van der Waals surface area contributed by atoms with E-state index in [0.29, 0.717) is 25.8 Å². The van der Waals surface area contributed by atoms with E-state index in [0.717, 1.165) is 28.6 Å². The number of sulfonamides is 1. The molecule has 0 unspecified atom stereocenters. The summed E-state index contributed by atoms with van der Waals surface area (Å²) in [6.45, 7) is 6.41. The molecule has 0 spiro atoms. The molecule has 1 atom stereocenters. The molecule has 1 aliphatic rings. The maximum absolute atomic E-state index is 12.9. The molecule has 2 rings (SSSR count). The van der Waals surface area contributed by atoms with Gasteiger partial charge in [0.05, 0.1) is 10.5 Å². The van der Waals surface area contributed by atoms with Crippen molar-refractivity contribution in [1.82, 2.24) is 9.62 Å². The molecule has 1 aromatic rings. The van der Waals surface area contributed by atoms with Crippen LogP contribution in [-0.4, -0.2) is 37.8 Å². The van der Waals surface area contributed by atoms with Crippen molar-refractivity contribution in [3.8, 4) is 0 Å². The van der Waals surface area contributed by atoms with Crippen molar-refractivity contribution in [2.45, 2.75) is 57.1 Å². The maximum atomic E-state index is 12.9. The molecule has 27 heavy (non-hydrogen) atoms. The molecule has 9 heteroatoms. The van der Waals surface area contributed by atoms with Crippen LogP contribution in [0.2, 0.25) is 0 Å². The molecule has 1 aliphatic heterocycles. The number of amides is 1. The number of benzene rings is 1. The number of alkyl halides is 3. The number of piperidine rings is 1. The van der Waals surface area contributed by atoms with Gasteiger partial charge in [-0.05, 0) is 42.5 Å². The second-order valence-corrected chi connectivity index (χ2v) is 9.82. The van der Waals surface area contributed by atoms with Gasteiger partial charge in [-0.2, -0.15) is 17.5 Å². The number of nitrogens with one attached hydrogen (secondary N) is 1. The Hall–Kier alpha value is -1.61. The topological polar surface area (TPSA) is 66.5 Å². The molecule has 0 aliphatic carbocycles. The highest BCUT2D eigenvalue weighted by Gasteiger charge is 2.38. The molecule has 0 aromatic heterocycles. The van der Waals surface area contributed by atoms with Crippen LogP contribution in [0.4, 0.5) is 13.2 Å². The molecule has 1 heterocycles. The van der Waals surface area contributed by atoms with Gasteiger partial charge in [0.2, 0.25) is 15.9 Å². The summed E-state index contributed by atoms with van der Waals surface area (Å²) >= 11 is 0. The largest absolute Gasteiger partial charge is 0.416 e. The van der Waals surface area contributed by atoms with Crippen molar-refractivity contribution in [2.24, 2.45) is 5.41 Å². The fourth-order valence-corrected chi connectivity index (χ4v) is 4.53. The first kappa shape index (κ1) is 21.7. The fourth-order valence-electron chi connectivity index (χ4n) is 2.88. The van der Waals surface area contributed by atoms with Gasteiger partial charge in [0.25, 0.3) is 0 Å². The minimum absolute atomic E-state index is 0.151. The van der Waals surface area contributed by atoms with E-state index < -0.39 is 27.8 Å². The molecular weight excluding hydrogens is 381 g/mol. The zero-order valence-corrected chi connectivity index (χ0v) is 16.5. The van der Waals surface area contributed by atoms with E-state index in [1.807, 2.05) is 20.8 Å². The van der Waals surface area contributed by atoms with E-state index in [1.54, 1.807) is 0 Å². The SMILES string of the molecule is CC(C)(C)CNC(=O)[C@@H]1CCCCN1S(=O)(=O)c1ccc(C(F)(F)F)cc1. The molecule has 1 N–H and O–H groups in total. The van der Waals surface area contributed by atoms with E-state index in [-0.39, 0.29) is 22.8 Å². The molecule has 152 valence electrons. The van der Waals surface area contributed by atoms with Crippen LogP contribution in [0, 0.1) is 5.41 Å². The second kappa shape index (κ2) is 7.79. The Kier molecular flexibility index (Phi) is 6.26. The minimum Gasteiger partial charge on any atom is -0.354 e. The van der Waals surface area contributed by atoms with Crippen molar-refractivity contribution in [3.05, 3.63) is 29.8 Å². The van der Waals surface area contributed by atoms with Crippen LogP contribution in [0.25, 0.3) is 0 Å². The average molecular weight is 406 g/mol. The van der Waals surface area contributed by atoms with Gasteiger partial charge in [0.15, 0.2) is 0 Å². The first-order valence-corrected chi connectivity index (χ1v) is 10.2. The standard InChI is InChI=1S/C18H25F3N2O3S/c1-17(2,3)12-22-16(24)15-6-4-5-11-23(15)27(25,26)14-9-7-13(8-10-14)18(19,20)21/h7-10,15H,4-6,11-12H2,1-3H3,(H,22,24)/t15-/m0/s1. The molecular formula is C18H25F3N2O3S. The molecule has 0 radical (unpaired) electrons. The molecule has 0 saturated carbocycles. The Morgan fingerprint density at radius 3 is 2.26 bits per heavy atom. The summed E-state index contributed by atoms with van der Waals surface area (Å²) in [6.07, 6.45) is -2.84. The Labute approximate surface area is 158 Å². The quantitative estimate of drug-likeness (QED) is 0.833. The molecule has 1 fully saturated rings. The van der Waals surface area contributed by atoms with Crippen molar-refractivity contribution in [3.63, 3.8) is 0 Å². The summed E-state index contributed by atoms with van der Waals surface area (Å²) in [5, 5.41) is 2.78. The average Bonchev–Trinajstić information content (AvgIpc) is 2.58. The van der Waals surface area contributed by atoms with Gasteiger partial charge in [-0.15, -0.1) is 0 Å². The second-order valence-electron chi connectivity index (χ2n) is 7.93. The normalized spacial score (nSPS) is 19.7. The smallest absolute Gasteiger partial charge is 0.354 e. The van der Waals surface area contributed by atoms with E-state index in [2.05, 4.69) is 5.32 Å². The highest BCUT2D eigenvalue weighted by molar-refractivity contribution is 7.89. The lowest BCUT2D eigenvalue weighted by atomic mass is 9.96. The number of halogens is 3. The van der Waals surface area contributed by atoms with Crippen LogP contribution in [0.15, 0.2) is 29.2 Å². The zero-order chi connectivity index (χ0) is 20.5. The van der Waals surface area contributed by atoms with Crippen LogP contribution < -0.4 is 5.32 Å². The van der Waals surface area contributed by atoms with Crippen LogP contribution in [0.1, 0.15) is 45.6 Å². The zero-order valence-electron chi connectivity index (χ0n) is 15.6. The Morgan fingerprint density at radius 2 is 1.74 bits per heavy atom. The number of carbonyl (C=O) groups excluding carboxylic acids is 1. The molecule has 0 bridgehead atoms. The summed E-state index contributed by atoms with van der Waals surface area (Å²) in [5.41, 5.74) is -1.07. The number of hydrogen-bond acceptors (Lipinski definition) is 3. The summed E-state index contributed by atoms with van der Waals surface area (Å²) in [6, 6.07) is 2.51. The number of nitrogens with zero attached hydrogens (tertiary/aromatic N) is 1. The van der Waals surface area contributed by atoms with Crippen LogP contribution in [-0.2, 0) is 21.0 Å². The molecule has 5 nitrogen and oxygen atoms in total. The van der Waals surface area contributed by atoms with E-state index >= 15 is 0 Å². The predicted octanol–water partition coefficient (Wildman–Crippen LogP) is 3.41. The lowest BCUT2D eigenvalue weighted by Crippen LogP contribution is -2.52. The van der Waals surface area contributed by atoms with Crippen LogP contribution >= 0.6 is 0 Å². The third-order valence-electron chi connectivity index (χ3n) is 4.34. The lowest BCUT2D eigenvalue weighted by molar-refractivity contribution is -0.137. The monoisotopic (exact) mass is 406 g/mol. The fraction of sp³-hybridized carbons (Fsp3) is 0.611. The Balaban J connectivity index is 2.25. The summed E-state index contributed by atoms with van der Waals surface area (Å²) in [5.74, 6) is -0.375. The van der Waals surface area contributed by atoms with Gasteiger partial charge < -0.3 is 5.32 Å². The summed E-state index contributed by atoms with van der Waals surface area (Å²) in [4.78, 5) is 12.3. The van der Waals surface area contributed by atoms with Crippen molar-refractivity contribution in [2.75, 3.05) is 13.1 Å². The maximum Gasteiger partial charge on any atom is 0.416 e. The number of rotatable bonds is 4. The number of carbonyl (C=O) groups is 1. The van der Waals surface area contributed by atoms with Crippen LogP contribution in [0.5, 0.6) is 0 Å². The Bertz CT molecular complexity index is 769. The summed E-state index contributed by atoms with van der Waals surface area (Å²) in [7, 11) is -4.07. The Morgan fingerprint density at radius 1 is 1.15 bits per heavy atom. The third-order valence-corrected chi connectivity index (χ3v) is 6.26. The van der Waals surface area contributed by atoms with E-state index in [9.17, 15) is 26.4 Å². The van der Waals surface area contributed by atoms with Gasteiger partial charge >= 0.3 is 6.18 Å². The van der Waals surface area contributed by atoms with Gasteiger partial charge in [-0.25, -0.2) is 8.42 Å². The van der Waals surface area contributed by atoms with Crippen molar-refractivity contribution >= 4 is 15.9 Å². The van der Waals surface area contributed by atoms with E-state index in [4.69, 9.17) is 0 Å². The van der Waals surface area contributed by atoms with Crippen molar-refractivity contribution in [1.29, 1.82) is 0 Å². The minimum atomic E-state index is -4.54. The van der Waals surface area contributed by atoms with Crippen LogP contribution in [0.3, 0.4) is 0 Å². The first-order valence-electron chi connectivity index (χ1n) is 8.79. The highest BCUT2D eigenvalue weighted by atomic mass is 32.2.